The lowest BCUT2D eigenvalue weighted by molar-refractivity contribution is 0.111. The molecule has 0 fully saturated rings. The van der Waals surface area contributed by atoms with E-state index in [0.717, 1.165) is 21.7 Å². The van der Waals surface area contributed by atoms with Gasteiger partial charge in [-0.05, 0) is 39.5 Å². The summed E-state index contributed by atoms with van der Waals surface area (Å²) in [6.45, 7) is 10.4. The molecule has 0 aliphatic heterocycles. The van der Waals surface area contributed by atoms with Crippen LogP contribution in [0.15, 0.2) is 89.4 Å². The smallest absolute Gasteiger partial charge is 0.261 e. The van der Waals surface area contributed by atoms with Gasteiger partial charge >= 0.3 is 0 Å². The molecule has 0 spiro atoms. The van der Waals surface area contributed by atoms with Crippen LogP contribution in [0, 0.1) is 5.92 Å². The van der Waals surface area contributed by atoms with Crippen LogP contribution in [0.3, 0.4) is 0 Å². The second-order valence-electron chi connectivity index (χ2n) is 10.1. The van der Waals surface area contributed by atoms with E-state index in [9.17, 15) is 4.79 Å². The number of carbonyl (C=O) groups excluding carboxylic acids is 1. The first kappa shape index (κ1) is 24.6. The van der Waals surface area contributed by atoms with E-state index in [1.807, 2.05) is 18.2 Å². The van der Waals surface area contributed by atoms with Crippen molar-refractivity contribution in [1.29, 1.82) is 0 Å². The topological polar surface area (TPSA) is 31.2 Å². The van der Waals surface area contributed by atoms with Gasteiger partial charge in [0.25, 0.3) is 8.32 Å². The van der Waals surface area contributed by atoms with E-state index in [2.05, 4.69) is 115 Å². The second-order valence-corrected chi connectivity index (χ2v) is 15.3. The zero-order valence-electron chi connectivity index (χ0n) is 20.3. The maximum atomic E-state index is 11.8. The zero-order chi connectivity index (χ0) is 24.3. The Kier molecular flexibility index (Phi) is 7.27. The molecule has 4 aromatic rings. The molecule has 0 saturated carbocycles. The molecule has 1 unspecified atom stereocenters. The van der Waals surface area contributed by atoms with E-state index in [0.29, 0.717) is 18.8 Å². The molecule has 34 heavy (non-hydrogen) atoms. The van der Waals surface area contributed by atoms with Crippen molar-refractivity contribution in [1.82, 2.24) is 4.57 Å². The molecule has 0 aliphatic rings. The first-order chi connectivity index (χ1) is 16.3. The third kappa shape index (κ3) is 4.70. The fourth-order valence-corrected chi connectivity index (χ4v) is 9.98. The van der Waals surface area contributed by atoms with E-state index < -0.39 is 8.32 Å². The summed E-state index contributed by atoms with van der Waals surface area (Å²) in [4.78, 5) is 11.8. The van der Waals surface area contributed by atoms with Crippen LogP contribution in [0.1, 0.15) is 38.2 Å². The molecule has 176 valence electrons. The normalized spacial score (nSPS) is 13.2. The summed E-state index contributed by atoms with van der Waals surface area (Å²) < 4.78 is 10.2. The van der Waals surface area contributed by atoms with Crippen LogP contribution in [0.4, 0.5) is 0 Å². The van der Waals surface area contributed by atoms with Gasteiger partial charge in [-0.3, -0.25) is 4.79 Å². The van der Waals surface area contributed by atoms with Crippen LogP contribution in [-0.2, 0) is 11.0 Å². The van der Waals surface area contributed by atoms with Crippen molar-refractivity contribution in [2.24, 2.45) is 5.92 Å². The predicted octanol–water partition coefficient (Wildman–Crippen LogP) is 6.43. The van der Waals surface area contributed by atoms with Gasteiger partial charge in [-0.1, -0.05) is 110 Å². The minimum atomic E-state index is -2.58. The van der Waals surface area contributed by atoms with Gasteiger partial charge in [0, 0.05) is 28.5 Å². The van der Waals surface area contributed by atoms with E-state index in [1.165, 1.54) is 10.4 Å². The fourth-order valence-electron chi connectivity index (χ4n) is 4.94. The monoisotopic (exact) mass is 533 g/mol. The lowest BCUT2D eigenvalue weighted by Gasteiger charge is -2.43. The zero-order valence-corrected chi connectivity index (χ0v) is 22.9. The molecule has 0 aliphatic carbocycles. The molecule has 0 N–H and O–H groups in total. The minimum absolute atomic E-state index is 0.0611. The van der Waals surface area contributed by atoms with Crippen LogP contribution >= 0.6 is 15.9 Å². The Morgan fingerprint density at radius 3 is 2.06 bits per heavy atom. The van der Waals surface area contributed by atoms with Crippen LogP contribution in [0.2, 0.25) is 5.04 Å². The molecule has 4 rings (SSSR count). The van der Waals surface area contributed by atoms with Gasteiger partial charge in [-0.25, -0.2) is 0 Å². The molecule has 1 heterocycles. The van der Waals surface area contributed by atoms with Crippen molar-refractivity contribution in [2.45, 2.75) is 39.3 Å². The highest BCUT2D eigenvalue weighted by Crippen LogP contribution is 2.37. The molecule has 1 atom stereocenters. The van der Waals surface area contributed by atoms with Crippen molar-refractivity contribution in [3.8, 4) is 0 Å². The summed E-state index contributed by atoms with van der Waals surface area (Å²) in [7, 11) is -2.58. The Morgan fingerprint density at radius 2 is 1.53 bits per heavy atom. The largest absolute Gasteiger partial charge is 0.407 e. The number of halogens is 1. The van der Waals surface area contributed by atoms with Crippen molar-refractivity contribution < 1.29 is 9.22 Å². The molecule has 0 radical (unpaired) electrons. The molecule has 3 aromatic carbocycles. The van der Waals surface area contributed by atoms with Crippen molar-refractivity contribution >= 4 is 51.8 Å². The number of rotatable bonds is 8. The Balaban J connectivity index is 1.69. The standard InChI is InChI=1S/C29H32BrNO2Si/c1-22(19-31-25(20-32)17-23-15-16-24(30)18-28(23)31)21-33-34(29(2,3)4,26-11-7-5-8-12-26)27-13-9-6-10-14-27/h5-18,20,22H,19,21H2,1-4H3. The maximum Gasteiger partial charge on any atom is 0.261 e. The number of benzene rings is 3. The lowest BCUT2D eigenvalue weighted by Crippen LogP contribution is -2.66. The first-order valence-corrected chi connectivity index (χ1v) is 14.5. The summed E-state index contributed by atoms with van der Waals surface area (Å²) in [5.74, 6) is 0.218. The second kappa shape index (κ2) is 10.0. The van der Waals surface area contributed by atoms with Gasteiger partial charge in [0.1, 0.15) is 0 Å². The Hall–Kier alpha value is -2.47. The third-order valence-corrected chi connectivity index (χ3v) is 12.0. The highest BCUT2D eigenvalue weighted by atomic mass is 79.9. The maximum absolute atomic E-state index is 11.8. The van der Waals surface area contributed by atoms with Crippen LogP contribution in [-0.4, -0.2) is 25.8 Å². The van der Waals surface area contributed by atoms with E-state index in [1.54, 1.807) is 0 Å². The van der Waals surface area contributed by atoms with Gasteiger partial charge in [0.05, 0.1) is 5.69 Å². The van der Waals surface area contributed by atoms with E-state index in [-0.39, 0.29) is 11.0 Å². The molecular weight excluding hydrogens is 502 g/mol. The number of nitrogens with zero attached hydrogens (tertiary/aromatic N) is 1. The van der Waals surface area contributed by atoms with Crippen molar-refractivity contribution in [2.75, 3.05) is 6.61 Å². The molecule has 5 heteroatoms. The Morgan fingerprint density at radius 1 is 0.941 bits per heavy atom. The summed E-state index contributed by atoms with van der Waals surface area (Å²) in [5, 5.41) is 3.58. The molecule has 0 saturated heterocycles. The predicted molar refractivity (Wildman–Crippen MR) is 148 cm³/mol. The molecule has 3 nitrogen and oxygen atoms in total. The van der Waals surface area contributed by atoms with Crippen molar-refractivity contribution in [3.05, 3.63) is 95.1 Å². The van der Waals surface area contributed by atoms with Gasteiger partial charge < -0.3 is 8.99 Å². The molecule has 0 amide bonds. The first-order valence-electron chi connectivity index (χ1n) is 11.8. The van der Waals surface area contributed by atoms with Crippen LogP contribution < -0.4 is 10.4 Å². The van der Waals surface area contributed by atoms with Gasteiger partial charge in [0.2, 0.25) is 0 Å². The number of aromatic nitrogens is 1. The lowest BCUT2D eigenvalue weighted by atomic mass is 10.2. The molecular formula is C29H32BrNO2Si. The molecule has 0 bridgehead atoms. The van der Waals surface area contributed by atoms with E-state index in [4.69, 9.17) is 4.43 Å². The Bertz CT molecular complexity index is 1220. The average Bonchev–Trinajstić information content (AvgIpc) is 3.16. The van der Waals surface area contributed by atoms with Gasteiger partial charge in [-0.15, -0.1) is 0 Å². The fraction of sp³-hybridized carbons (Fsp3) is 0.276. The number of hydrogen-bond acceptors (Lipinski definition) is 2. The number of fused-ring (bicyclic) bond motifs is 1. The summed E-state index contributed by atoms with van der Waals surface area (Å²) in [6.07, 6.45) is 0.948. The highest BCUT2D eigenvalue weighted by molar-refractivity contribution is 9.10. The molecule has 1 aromatic heterocycles. The SMILES string of the molecule is CC(CO[Si](c1ccccc1)(c1ccccc1)C(C)(C)C)Cn1c(C=O)cc2ccc(Br)cc21. The van der Waals surface area contributed by atoms with Gasteiger partial charge in [-0.2, -0.15) is 0 Å². The van der Waals surface area contributed by atoms with Crippen molar-refractivity contribution in [3.63, 3.8) is 0 Å². The number of hydrogen-bond donors (Lipinski definition) is 0. The number of carbonyl (C=O) groups is 1. The summed E-state index contributed by atoms with van der Waals surface area (Å²) >= 11 is 3.57. The summed E-state index contributed by atoms with van der Waals surface area (Å²) in [5.41, 5.74) is 1.76. The van der Waals surface area contributed by atoms with Crippen LogP contribution in [0.5, 0.6) is 0 Å². The minimum Gasteiger partial charge on any atom is -0.407 e. The van der Waals surface area contributed by atoms with E-state index >= 15 is 0 Å². The summed E-state index contributed by atoms with van der Waals surface area (Å²) in [6, 6.07) is 29.5. The van der Waals surface area contributed by atoms with Crippen LogP contribution in [0.25, 0.3) is 10.9 Å². The van der Waals surface area contributed by atoms with Gasteiger partial charge in [0.15, 0.2) is 6.29 Å². The number of aldehydes is 1. The quantitative estimate of drug-likeness (QED) is 0.193. The highest BCUT2D eigenvalue weighted by Gasteiger charge is 2.50. The third-order valence-electron chi connectivity index (χ3n) is 6.51. The average molecular weight is 535 g/mol. The Labute approximate surface area is 212 Å².